The molecule has 0 bridgehead atoms. The fraction of sp³-hybridized carbons (Fsp3) is 0.400. The monoisotopic (exact) mass is 307 g/mol. The zero-order chi connectivity index (χ0) is 15.6. The molecule has 3 aliphatic rings. The first-order valence-corrected chi connectivity index (χ1v) is 8.45. The Morgan fingerprint density at radius 1 is 1.00 bits per heavy atom. The average Bonchev–Trinajstić information content (AvgIpc) is 3.02. The van der Waals surface area contributed by atoms with E-state index in [-0.39, 0.29) is 0 Å². The van der Waals surface area contributed by atoms with Gasteiger partial charge in [0.2, 0.25) is 6.79 Å². The molecule has 3 heterocycles. The van der Waals surface area contributed by atoms with E-state index in [0.717, 1.165) is 37.4 Å². The van der Waals surface area contributed by atoms with Crippen molar-refractivity contribution in [2.45, 2.75) is 39.3 Å². The van der Waals surface area contributed by atoms with Gasteiger partial charge in [0.15, 0.2) is 11.5 Å². The van der Waals surface area contributed by atoms with Crippen molar-refractivity contribution in [3.63, 3.8) is 0 Å². The van der Waals surface area contributed by atoms with Crippen molar-refractivity contribution in [1.82, 2.24) is 4.90 Å². The SMILES string of the molecule is Cc1ccc(C)c2c1C[C@H]1c3cc4c(cc3CCN1C2)OCO4. The third kappa shape index (κ3) is 1.93. The number of hydrogen-bond acceptors (Lipinski definition) is 3. The molecule has 0 N–H and O–H groups in total. The van der Waals surface area contributed by atoms with Crippen molar-refractivity contribution in [2.24, 2.45) is 0 Å². The van der Waals surface area contributed by atoms with Crippen LogP contribution in [0.25, 0.3) is 0 Å². The summed E-state index contributed by atoms with van der Waals surface area (Å²) in [5, 5.41) is 0. The Hall–Kier alpha value is -2.00. The van der Waals surface area contributed by atoms with Crippen LogP contribution in [0.4, 0.5) is 0 Å². The van der Waals surface area contributed by atoms with Gasteiger partial charge in [-0.1, -0.05) is 12.1 Å². The number of ether oxygens (including phenoxy) is 2. The highest BCUT2D eigenvalue weighted by Crippen LogP contribution is 2.44. The van der Waals surface area contributed by atoms with Gasteiger partial charge in [-0.25, -0.2) is 0 Å². The third-order valence-corrected chi connectivity index (χ3v) is 5.76. The van der Waals surface area contributed by atoms with Gasteiger partial charge >= 0.3 is 0 Å². The van der Waals surface area contributed by atoms with Gasteiger partial charge in [-0.15, -0.1) is 0 Å². The fourth-order valence-corrected chi connectivity index (χ4v) is 4.40. The molecule has 5 rings (SSSR count). The second kappa shape index (κ2) is 4.75. The summed E-state index contributed by atoms with van der Waals surface area (Å²) in [6.45, 7) is 7.05. The lowest BCUT2D eigenvalue weighted by Gasteiger charge is -2.42. The number of fused-ring (bicyclic) bond motifs is 5. The van der Waals surface area contributed by atoms with E-state index < -0.39 is 0 Å². The minimum absolute atomic E-state index is 0.355. The van der Waals surface area contributed by atoms with Gasteiger partial charge in [0.25, 0.3) is 0 Å². The molecule has 2 aromatic carbocycles. The minimum Gasteiger partial charge on any atom is -0.454 e. The number of rotatable bonds is 0. The lowest BCUT2D eigenvalue weighted by molar-refractivity contribution is 0.160. The number of nitrogens with zero attached hydrogens (tertiary/aromatic N) is 1. The molecular weight excluding hydrogens is 286 g/mol. The molecule has 2 aromatic rings. The van der Waals surface area contributed by atoms with Crippen molar-refractivity contribution in [3.8, 4) is 11.5 Å². The van der Waals surface area contributed by atoms with Crippen LogP contribution in [-0.4, -0.2) is 18.2 Å². The van der Waals surface area contributed by atoms with E-state index in [1.165, 1.54) is 22.3 Å². The molecule has 3 heteroatoms. The Balaban J connectivity index is 1.62. The van der Waals surface area contributed by atoms with Crippen LogP contribution in [0.15, 0.2) is 24.3 Å². The number of hydrogen-bond donors (Lipinski definition) is 0. The summed E-state index contributed by atoms with van der Waals surface area (Å²) in [7, 11) is 0. The van der Waals surface area contributed by atoms with Crippen molar-refractivity contribution in [1.29, 1.82) is 0 Å². The molecule has 23 heavy (non-hydrogen) atoms. The van der Waals surface area contributed by atoms with Gasteiger partial charge in [0.1, 0.15) is 0 Å². The summed E-state index contributed by atoms with van der Waals surface area (Å²) >= 11 is 0. The molecule has 0 aromatic heterocycles. The van der Waals surface area contributed by atoms with E-state index >= 15 is 0 Å². The second-order valence-electron chi connectivity index (χ2n) is 7.00. The highest BCUT2D eigenvalue weighted by molar-refractivity contribution is 5.52. The molecule has 118 valence electrons. The summed E-state index contributed by atoms with van der Waals surface area (Å²) in [6.07, 6.45) is 2.21. The molecule has 0 spiro atoms. The molecule has 3 aliphatic heterocycles. The summed E-state index contributed by atoms with van der Waals surface area (Å²) in [5.41, 5.74) is 8.83. The lowest BCUT2D eigenvalue weighted by Crippen LogP contribution is -2.39. The molecule has 0 amide bonds. The maximum atomic E-state index is 5.62. The fourth-order valence-electron chi connectivity index (χ4n) is 4.40. The number of benzene rings is 2. The van der Waals surface area contributed by atoms with E-state index in [1.54, 1.807) is 11.1 Å². The quantitative estimate of drug-likeness (QED) is 0.741. The van der Waals surface area contributed by atoms with Crippen LogP contribution >= 0.6 is 0 Å². The standard InChI is InChI=1S/C20H21NO2/c1-12-3-4-13(2)17-10-21-6-5-14-7-19-20(23-11-22-19)9-16(14)18(21)8-15(12)17/h3-4,7,9,18H,5-6,8,10-11H2,1-2H3/t18-/m0/s1. The zero-order valence-electron chi connectivity index (χ0n) is 13.7. The first-order valence-electron chi connectivity index (χ1n) is 8.45. The predicted molar refractivity (Wildman–Crippen MR) is 89.0 cm³/mol. The van der Waals surface area contributed by atoms with Gasteiger partial charge in [0.05, 0.1) is 0 Å². The number of aryl methyl sites for hydroxylation is 2. The normalized spacial score (nSPS) is 21.6. The van der Waals surface area contributed by atoms with Gasteiger partial charge in [-0.3, -0.25) is 4.90 Å². The topological polar surface area (TPSA) is 21.7 Å². The Morgan fingerprint density at radius 2 is 1.74 bits per heavy atom. The van der Waals surface area contributed by atoms with E-state index in [1.807, 2.05) is 0 Å². The van der Waals surface area contributed by atoms with Crippen molar-refractivity contribution < 1.29 is 9.47 Å². The molecule has 3 nitrogen and oxygen atoms in total. The summed E-state index contributed by atoms with van der Waals surface area (Å²) in [4.78, 5) is 2.64. The third-order valence-electron chi connectivity index (χ3n) is 5.76. The molecule has 1 atom stereocenters. The van der Waals surface area contributed by atoms with Crippen LogP contribution in [0, 0.1) is 13.8 Å². The van der Waals surface area contributed by atoms with Gasteiger partial charge in [-0.05, 0) is 72.2 Å². The molecule has 0 saturated carbocycles. The maximum Gasteiger partial charge on any atom is 0.231 e. The molecule has 0 unspecified atom stereocenters. The molecule has 0 fully saturated rings. The van der Waals surface area contributed by atoms with Crippen molar-refractivity contribution in [3.05, 3.63) is 57.6 Å². The van der Waals surface area contributed by atoms with Crippen LogP contribution in [-0.2, 0) is 19.4 Å². The van der Waals surface area contributed by atoms with Crippen LogP contribution in [0.5, 0.6) is 11.5 Å². The Bertz CT molecular complexity index is 812. The van der Waals surface area contributed by atoms with Gasteiger partial charge < -0.3 is 9.47 Å². The van der Waals surface area contributed by atoms with Crippen molar-refractivity contribution in [2.75, 3.05) is 13.3 Å². The lowest BCUT2D eigenvalue weighted by atomic mass is 9.81. The molecule has 0 radical (unpaired) electrons. The van der Waals surface area contributed by atoms with Gasteiger partial charge in [-0.2, -0.15) is 0 Å². The smallest absolute Gasteiger partial charge is 0.231 e. The summed E-state index contributed by atoms with van der Waals surface area (Å²) < 4.78 is 11.2. The predicted octanol–water partition coefficient (Wildman–Crippen LogP) is 3.69. The van der Waals surface area contributed by atoms with Crippen LogP contribution in [0.1, 0.15) is 39.4 Å². The van der Waals surface area contributed by atoms with Crippen LogP contribution in [0.3, 0.4) is 0 Å². The van der Waals surface area contributed by atoms with Crippen molar-refractivity contribution >= 4 is 0 Å². The first-order chi connectivity index (χ1) is 11.2. The van der Waals surface area contributed by atoms with Crippen LogP contribution < -0.4 is 9.47 Å². The largest absolute Gasteiger partial charge is 0.454 e. The van der Waals surface area contributed by atoms with E-state index in [4.69, 9.17) is 9.47 Å². The zero-order valence-corrected chi connectivity index (χ0v) is 13.7. The Kier molecular flexibility index (Phi) is 2.77. The van der Waals surface area contributed by atoms with Gasteiger partial charge in [0, 0.05) is 19.1 Å². The maximum absolute atomic E-state index is 5.62. The van der Waals surface area contributed by atoms with Crippen LogP contribution in [0.2, 0.25) is 0 Å². The second-order valence-corrected chi connectivity index (χ2v) is 7.00. The Morgan fingerprint density at radius 3 is 2.57 bits per heavy atom. The van der Waals surface area contributed by atoms with E-state index in [0.29, 0.717) is 12.8 Å². The summed E-state index contributed by atoms with van der Waals surface area (Å²) in [5.74, 6) is 1.83. The summed E-state index contributed by atoms with van der Waals surface area (Å²) in [6, 6.07) is 9.44. The van der Waals surface area contributed by atoms with E-state index in [9.17, 15) is 0 Å². The minimum atomic E-state index is 0.355. The average molecular weight is 307 g/mol. The highest BCUT2D eigenvalue weighted by Gasteiger charge is 2.34. The molecule has 0 aliphatic carbocycles. The molecule has 0 saturated heterocycles. The first kappa shape index (κ1) is 13.4. The van der Waals surface area contributed by atoms with E-state index in [2.05, 4.69) is 43.0 Å². The highest BCUT2D eigenvalue weighted by atomic mass is 16.7. The molecular formula is C20H21NO2. The Labute approximate surface area is 136 Å².